The molecular formula is C23H31N3O2S. The lowest BCUT2D eigenvalue weighted by Crippen LogP contribution is -2.35. The smallest absolute Gasteiger partial charge is 0.419 e. The van der Waals surface area contributed by atoms with E-state index in [1.165, 1.54) is 0 Å². The normalized spacial score (nSPS) is 12.9. The summed E-state index contributed by atoms with van der Waals surface area (Å²) in [5.41, 5.74) is 5.54. The molecule has 2 aromatic carbocycles. The number of anilines is 4. The van der Waals surface area contributed by atoms with Crippen molar-refractivity contribution >= 4 is 40.6 Å². The van der Waals surface area contributed by atoms with Crippen LogP contribution in [0.1, 0.15) is 45.7 Å². The van der Waals surface area contributed by atoms with Crippen molar-refractivity contribution in [1.29, 1.82) is 0 Å². The number of nitrogens with one attached hydrogen (secondary N) is 2. The monoisotopic (exact) mass is 413 g/mol. The van der Waals surface area contributed by atoms with Gasteiger partial charge in [0.15, 0.2) is 0 Å². The minimum atomic E-state index is -0.570. The molecule has 0 spiro atoms. The molecule has 156 valence electrons. The number of benzene rings is 2. The fraction of sp³-hybridized carbons (Fsp3) is 0.435. The van der Waals surface area contributed by atoms with Gasteiger partial charge in [0, 0.05) is 34.3 Å². The van der Waals surface area contributed by atoms with Gasteiger partial charge in [0.1, 0.15) is 5.60 Å². The van der Waals surface area contributed by atoms with Gasteiger partial charge >= 0.3 is 6.09 Å². The third-order valence-electron chi connectivity index (χ3n) is 4.62. The van der Waals surface area contributed by atoms with Crippen LogP contribution in [0.2, 0.25) is 0 Å². The molecule has 0 saturated heterocycles. The Morgan fingerprint density at radius 3 is 1.76 bits per heavy atom. The Hall–Kier alpha value is -2.34. The van der Waals surface area contributed by atoms with Crippen LogP contribution in [-0.2, 0) is 4.74 Å². The summed E-state index contributed by atoms with van der Waals surface area (Å²) in [7, 11) is 0. The molecule has 0 radical (unpaired) electrons. The fourth-order valence-electron chi connectivity index (χ4n) is 3.37. The fourth-order valence-corrected chi connectivity index (χ4v) is 4.47. The molecule has 5 nitrogen and oxygen atoms in total. The number of carbonyl (C=O) groups excluding carboxylic acids is 1. The zero-order chi connectivity index (χ0) is 21.3. The quantitative estimate of drug-likeness (QED) is 0.584. The van der Waals surface area contributed by atoms with E-state index in [-0.39, 0.29) is 6.09 Å². The van der Waals surface area contributed by atoms with Crippen LogP contribution >= 0.6 is 11.8 Å². The van der Waals surface area contributed by atoms with Crippen molar-refractivity contribution in [2.75, 3.05) is 28.6 Å². The molecular weight excluding hydrogens is 382 g/mol. The maximum absolute atomic E-state index is 13.2. The van der Waals surface area contributed by atoms with Crippen LogP contribution in [0.25, 0.3) is 0 Å². The van der Waals surface area contributed by atoms with E-state index < -0.39 is 5.60 Å². The Labute approximate surface area is 178 Å². The Morgan fingerprint density at radius 1 is 0.931 bits per heavy atom. The highest BCUT2D eigenvalue weighted by Gasteiger charge is 2.33. The molecule has 1 amide bonds. The lowest BCUT2D eigenvalue weighted by atomic mass is 10.1. The molecule has 6 heteroatoms. The Morgan fingerprint density at radius 2 is 1.38 bits per heavy atom. The average Bonchev–Trinajstić information content (AvgIpc) is 2.60. The van der Waals surface area contributed by atoms with E-state index in [4.69, 9.17) is 4.74 Å². The van der Waals surface area contributed by atoms with Gasteiger partial charge in [-0.2, -0.15) is 0 Å². The number of amides is 1. The van der Waals surface area contributed by atoms with Crippen LogP contribution < -0.4 is 15.5 Å². The summed E-state index contributed by atoms with van der Waals surface area (Å²) in [6, 6.07) is 8.40. The summed E-state index contributed by atoms with van der Waals surface area (Å²) in [5, 5.41) is 6.83. The van der Waals surface area contributed by atoms with Gasteiger partial charge in [-0.25, -0.2) is 9.69 Å². The van der Waals surface area contributed by atoms with Crippen molar-refractivity contribution in [2.45, 2.75) is 63.9 Å². The predicted molar refractivity (Wildman–Crippen MR) is 123 cm³/mol. The molecule has 0 aromatic heterocycles. The highest BCUT2D eigenvalue weighted by Crippen LogP contribution is 2.51. The number of hydrogen-bond donors (Lipinski definition) is 2. The van der Waals surface area contributed by atoms with E-state index in [0.29, 0.717) is 0 Å². The topological polar surface area (TPSA) is 53.6 Å². The summed E-state index contributed by atoms with van der Waals surface area (Å²) in [6.45, 7) is 15.7. The molecule has 2 N–H and O–H groups in total. The van der Waals surface area contributed by atoms with E-state index in [1.807, 2.05) is 20.8 Å². The molecule has 0 aliphatic carbocycles. The number of fused-ring (bicyclic) bond motifs is 2. The highest BCUT2D eigenvalue weighted by molar-refractivity contribution is 7.99. The molecule has 0 unspecified atom stereocenters. The third-order valence-corrected chi connectivity index (χ3v) is 5.72. The molecule has 0 saturated carbocycles. The standard InChI is InChI=1S/C23H31N3O2S/c1-8-24-16-12-20-18(10-14(16)3)26(22(27)28-23(5,6)7)19-11-15(4)17(25-9-2)13-21(19)29-20/h10-13,24-25H,8-9H2,1-7H3. The van der Waals surface area contributed by atoms with E-state index in [0.717, 1.165) is 56.8 Å². The van der Waals surface area contributed by atoms with Crippen LogP contribution in [0, 0.1) is 13.8 Å². The molecule has 0 fully saturated rings. The van der Waals surface area contributed by atoms with Gasteiger partial charge < -0.3 is 15.4 Å². The summed E-state index contributed by atoms with van der Waals surface area (Å²) < 4.78 is 5.77. The Kier molecular flexibility index (Phi) is 6.03. The summed E-state index contributed by atoms with van der Waals surface area (Å²) in [6.07, 6.45) is -0.355. The molecule has 0 atom stereocenters. The number of aryl methyl sites for hydroxylation is 2. The van der Waals surface area contributed by atoms with E-state index in [1.54, 1.807) is 16.7 Å². The summed E-state index contributed by atoms with van der Waals surface area (Å²) in [5.74, 6) is 0. The zero-order valence-electron chi connectivity index (χ0n) is 18.4. The lowest BCUT2D eigenvalue weighted by Gasteiger charge is -2.34. The largest absolute Gasteiger partial charge is 0.443 e. The first-order valence-corrected chi connectivity index (χ1v) is 10.9. The van der Waals surface area contributed by atoms with Gasteiger partial charge in [-0.3, -0.25) is 0 Å². The van der Waals surface area contributed by atoms with Crippen LogP contribution in [0.4, 0.5) is 27.5 Å². The highest BCUT2D eigenvalue weighted by atomic mass is 32.2. The first kappa shape index (κ1) is 21.4. The van der Waals surface area contributed by atoms with Crippen molar-refractivity contribution in [3.05, 3.63) is 35.4 Å². The number of nitrogens with zero attached hydrogens (tertiary/aromatic N) is 1. The van der Waals surface area contributed by atoms with Crippen molar-refractivity contribution in [3.63, 3.8) is 0 Å². The number of hydrogen-bond acceptors (Lipinski definition) is 5. The number of carbonyl (C=O) groups is 1. The minimum Gasteiger partial charge on any atom is -0.443 e. The first-order valence-electron chi connectivity index (χ1n) is 10.1. The Balaban J connectivity index is 2.17. The molecule has 1 aliphatic heterocycles. The van der Waals surface area contributed by atoms with Gasteiger partial charge in [-0.05, 0) is 83.9 Å². The maximum atomic E-state index is 13.2. The predicted octanol–water partition coefficient (Wildman–Crippen LogP) is 6.70. The van der Waals surface area contributed by atoms with Gasteiger partial charge in [0.2, 0.25) is 0 Å². The minimum absolute atomic E-state index is 0.355. The summed E-state index contributed by atoms with van der Waals surface area (Å²) in [4.78, 5) is 17.0. The second-order valence-corrected chi connectivity index (χ2v) is 9.33. The first-order chi connectivity index (χ1) is 13.6. The molecule has 1 aliphatic rings. The SMILES string of the molecule is CCNc1cc2c(cc1C)N(C(=O)OC(C)(C)C)c1cc(C)c(NCC)cc1S2. The van der Waals surface area contributed by atoms with E-state index >= 15 is 0 Å². The molecule has 2 aromatic rings. The van der Waals surface area contributed by atoms with Crippen LogP contribution in [0.15, 0.2) is 34.1 Å². The molecule has 3 rings (SSSR count). The van der Waals surface area contributed by atoms with Gasteiger partial charge in [0.25, 0.3) is 0 Å². The van der Waals surface area contributed by atoms with E-state index in [9.17, 15) is 4.79 Å². The second-order valence-electron chi connectivity index (χ2n) is 8.25. The zero-order valence-corrected chi connectivity index (χ0v) is 19.2. The molecule has 29 heavy (non-hydrogen) atoms. The number of ether oxygens (including phenoxy) is 1. The number of rotatable bonds is 4. The van der Waals surface area contributed by atoms with Crippen molar-refractivity contribution < 1.29 is 9.53 Å². The lowest BCUT2D eigenvalue weighted by molar-refractivity contribution is 0.0597. The molecule has 1 heterocycles. The van der Waals surface area contributed by atoms with E-state index in [2.05, 4.69) is 62.6 Å². The molecule has 0 bridgehead atoms. The average molecular weight is 414 g/mol. The van der Waals surface area contributed by atoms with Crippen molar-refractivity contribution in [3.8, 4) is 0 Å². The van der Waals surface area contributed by atoms with Gasteiger partial charge in [0.05, 0.1) is 11.4 Å². The van der Waals surface area contributed by atoms with Gasteiger partial charge in [-0.1, -0.05) is 11.8 Å². The van der Waals surface area contributed by atoms with Crippen molar-refractivity contribution in [2.24, 2.45) is 0 Å². The second kappa shape index (κ2) is 8.19. The van der Waals surface area contributed by atoms with Crippen molar-refractivity contribution in [1.82, 2.24) is 0 Å². The van der Waals surface area contributed by atoms with Gasteiger partial charge in [-0.15, -0.1) is 0 Å². The van der Waals surface area contributed by atoms with Crippen LogP contribution in [-0.4, -0.2) is 24.8 Å². The third kappa shape index (κ3) is 4.47. The maximum Gasteiger partial charge on any atom is 0.419 e. The van der Waals surface area contributed by atoms with Crippen LogP contribution in [0.3, 0.4) is 0 Å². The van der Waals surface area contributed by atoms with Crippen LogP contribution in [0.5, 0.6) is 0 Å². The Bertz CT molecular complexity index is 873. The summed E-state index contributed by atoms with van der Waals surface area (Å²) >= 11 is 1.69.